The van der Waals surface area contributed by atoms with Gasteiger partial charge in [0.1, 0.15) is 5.50 Å². The number of benzene rings is 1. The van der Waals surface area contributed by atoms with Crippen molar-refractivity contribution in [3.05, 3.63) is 35.9 Å². The van der Waals surface area contributed by atoms with Crippen LogP contribution in [0.5, 0.6) is 0 Å². The first-order valence-corrected chi connectivity index (χ1v) is 5.07. The number of thiol groups is 1. The third-order valence-electron chi connectivity index (χ3n) is 2.39. The van der Waals surface area contributed by atoms with Crippen LogP contribution in [0, 0.1) is 0 Å². The molecule has 13 heavy (non-hydrogen) atoms. The smallest absolute Gasteiger partial charge is 0.103 e. The topological polar surface area (TPSA) is 24.1 Å². The quantitative estimate of drug-likeness (QED) is 0.585. The van der Waals surface area contributed by atoms with Crippen molar-refractivity contribution in [2.45, 2.75) is 11.4 Å². The van der Waals surface area contributed by atoms with Gasteiger partial charge < -0.3 is 0 Å². The molecule has 1 aliphatic rings. The van der Waals surface area contributed by atoms with Gasteiger partial charge >= 0.3 is 0 Å². The van der Waals surface area contributed by atoms with Crippen molar-refractivity contribution in [3.63, 3.8) is 0 Å². The predicted molar refractivity (Wildman–Crippen MR) is 58.0 cm³/mol. The van der Waals surface area contributed by atoms with E-state index in [4.69, 9.17) is 0 Å². The molecular formula is C10H14N2S. The minimum atomic E-state index is 0.153. The molecule has 1 heterocycles. The molecular weight excluding hydrogens is 180 g/mol. The second-order valence-electron chi connectivity index (χ2n) is 3.33. The molecule has 1 fully saturated rings. The van der Waals surface area contributed by atoms with Crippen molar-refractivity contribution in [2.24, 2.45) is 0 Å². The Morgan fingerprint density at radius 3 is 2.31 bits per heavy atom. The van der Waals surface area contributed by atoms with Crippen molar-refractivity contribution in [3.8, 4) is 0 Å². The van der Waals surface area contributed by atoms with Crippen molar-refractivity contribution in [1.29, 1.82) is 0 Å². The van der Waals surface area contributed by atoms with Gasteiger partial charge in [-0.3, -0.25) is 10.6 Å². The summed E-state index contributed by atoms with van der Waals surface area (Å²) in [5.41, 5.74) is 1.54. The second kappa shape index (κ2) is 4.13. The van der Waals surface area contributed by atoms with Crippen LogP contribution in [0.25, 0.3) is 0 Å². The van der Waals surface area contributed by atoms with Crippen LogP contribution in [-0.2, 0) is 0 Å². The summed E-state index contributed by atoms with van der Waals surface area (Å²) in [6, 6.07) is 10.6. The molecule has 0 bridgehead atoms. The number of nitrogens with one attached hydrogen (secondary N) is 2. The maximum atomic E-state index is 4.29. The highest BCUT2D eigenvalue weighted by Gasteiger charge is 2.17. The van der Waals surface area contributed by atoms with E-state index in [-0.39, 0.29) is 5.50 Å². The fourth-order valence-corrected chi connectivity index (χ4v) is 1.82. The molecule has 1 aliphatic heterocycles. The highest BCUT2D eigenvalue weighted by Crippen LogP contribution is 2.16. The SMILES string of the molecule is SC1NCC(c2ccccc2)CN1. The van der Waals surface area contributed by atoms with Gasteiger partial charge in [-0.05, 0) is 5.56 Å². The molecule has 0 atom stereocenters. The van der Waals surface area contributed by atoms with E-state index in [2.05, 4.69) is 53.6 Å². The highest BCUT2D eigenvalue weighted by atomic mass is 32.1. The molecule has 0 saturated carbocycles. The molecule has 0 amide bonds. The molecule has 0 aromatic heterocycles. The molecule has 0 radical (unpaired) electrons. The van der Waals surface area contributed by atoms with Crippen molar-refractivity contribution in [2.75, 3.05) is 13.1 Å². The Morgan fingerprint density at radius 2 is 1.69 bits per heavy atom. The Labute approximate surface area is 84.1 Å². The Balaban J connectivity index is 2.03. The van der Waals surface area contributed by atoms with Gasteiger partial charge in [0, 0.05) is 19.0 Å². The summed E-state index contributed by atoms with van der Waals surface area (Å²) < 4.78 is 0. The Morgan fingerprint density at radius 1 is 1.08 bits per heavy atom. The van der Waals surface area contributed by atoms with Gasteiger partial charge in [-0.2, -0.15) is 0 Å². The zero-order valence-electron chi connectivity index (χ0n) is 7.40. The monoisotopic (exact) mass is 194 g/mol. The van der Waals surface area contributed by atoms with Gasteiger partial charge in [0.25, 0.3) is 0 Å². The standard InChI is InChI=1S/C10H14N2S/c13-10-11-6-9(7-12-10)8-4-2-1-3-5-8/h1-5,9-13H,6-7H2. The molecule has 1 saturated heterocycles. The van der Waals surface area contributed by atoms with Crippen LogP contribution in [-0.4, -0.2) is 18.6 Å². The van der Waals surface area contributed by atoms with Crippen LogP contribution in [0.2, 0.25) is 0 Å². The number of hydrogen-bond acceptors (Lipinski definition) is 3. The molecule has 70 valence electrons. The maximum Gasteiger partial charge on any atom is 0.103 e. The number of hydrogen-bond donors (Lipinski definition) is 3. The van der Waals surface area contributed by atoms with E-state index >= 15 is 0 Å². The van der Waals surface area contributed by atoms with Crippen LogP contribution in [0.15, 0.2) is 30.3 Å². The minimum absolute atomic E-state index is 0.153. The van der Waals surface area contributed by atoms with Gasteiger partial charge in [0.05, 0.1) is 0 Å². The molecule has 2 N–H and O–H groups in total. The van der Waals surface area contributed by atoms with Gasteiger partial charge in [-0.25, -0.2) is 0 Å². The lowest BCUT2D eigenvalue weighted by Gasteiger charge is -2.28. The zero-order chi connectivity index (χ0) is 9.10. The highest BCUT2D eigenvalue weighted by molar-refractivity contribution is 7.80. The second-order valence-corrected chi connectivity index (χ2v) is 3.84. The number of rotatable bonds is 1. The van der Waals surface area contributed by atoms with Crippen molar-refractivity contribution < 1.29 is 0 Å². The van der Waals surface area contributed by atoms with Crippen LogP contribution in [0.1, 0.15) is 11.5 Å². The molecule has 1 aromatic carbocycles. The zero-order valence-corrected chi connectivity index (χ0v) is 8.30. The van der Waals surface area contributed by atoms with Crippen LogP contribution < -0.4 is 10.6 Å². The van der Waals surface area contributed by atoms with Crippen molar-refractivity contribution >= 4 is 12.6 Å². The Hall–Kier alpha value is -0.510. The third kappa shape index (κ3) is 2.24. The largest absolute Gasteiger partial charge is 0.293 e. The first-order chi connectivity index (χ1) is 6.36. The normalized spacial score (nSPS) is 28.7. The average Bonchev–Trinajstić information content (AvgIpc) is 2.20. The first kappa shape index (κ1) is 9.06. The minimum Gasteiger partial charge on any atom is -0.293 e. The summed E-state index contributed by atoms with van der Waals surface area (Å²) >= 11 is 4.29. The maximum absolute atomic E-state index is 4.29. The van der Waals surface area contributed by atoms with Gasteiger partial charge in [-0.15, -0.1) is 12.6 Å². The van der Waals surface area contributed by atoms with E-state index in [9.17, 15) is 0 Å². The molecule has 0 spiro atoms. The first-order valence-electron chi connectivity index (χ1n) is 4.56. The Bertz CT molecular complexity index is 255. The fraction of sp³-hybridized carbons (Fsp3) is 0.400. The van der Waals surface area contributed by atoms with Crippen molar-refractivity contribution in [1.82, 2.24) is 10.6 Å². The average molecular weight is 194 g/mol. The van der Waals surface area contributed by atoms with E-state index in [0.29, 0.717) is 5.92 Å². The Kier molecular flexibility index (Phi) is 2.88. The van der Waals surface area contributed by atoms with Gasteiger partial charge in [0.2, 0.25) is 0 Å². The lowest BCUT2D eigenvalue weighted by molar-refractivity contribution is 0.422. The molecule has 2 rings (SSSR count). The third-order valence-corrected chi connectivity index (χ3v) is 2.75. The summed E-state index contributed by atoms with van der Waals surface area (Å²) in [5.74, 6) is 0.574. The molecule has 0 unspecified atom stereocenters. The van der Waals surface area contributed by atoms with E-state index in [1.165, 1.54) is 5.56 Å². The van der Waals surface area contributed by atoms with Gasteiger partial charge in [0.15, 0.2) is 0 Å². The van der Waals surface area contributed by atoms with Gasteiger partial charge in [-0.1, -0.05) is 30.3 Å². The fourth-order valence-electron chi connectivity index (χ4n) is 1.61. The van der Waals surface area contributed by atoms with Crippen LogP contribution >= 0.6 is 12.6 Å². The van der Waals surface area contributed by atoms with E-state index < -0.39 is 0 Å². The lowest BCUT2D eigenvalue weighted by Crippen LogP contribution is -2.48. The van der Waals surface area contributed by atoms with Crippen LogP contribution in [0.3, 0.4) is 0 Å². The molecule has 0 aliphatic carbocycles. The molecule has 1 aromatic rings. The summed E-state index contributed by atoms with van der Waals surface area (Å²) in [6.45, 7) is 2.01. The summed E-state index contributed by atoms with van der Waals surface area (Å²) in [6.07, 6.45) is 0. The lowest BCUT2D eigenvalue weighted by atomic mass is 9.98. The van der Waals surface area contributed by atoms with E-state index in [1.54, 1.807) is 0 Å². The van der Waals surface area contributed by atoms with E-state index in [0.717, 1.165) is 13.1 Å². The summed E-state index contributed by atoms with van der Waals surface area (Å²) in [5, 5.41) is 6.57. The summed E-state index contributed by atoms with van der Waals surface area (Å²) in [4.78, 5) is 0. The predicted octanol–water partition coefficient (Wildman–Crippen LogP) is 1.18. The summed E-state index contributed by atoms with van der Waals surface area (Å²) in [7, 11) is 0. The van der Waals surface area contributed by atoms with E-state index in [1.807, 2.05) is 0 Å². The molecule has 2 nitrogen and oxygen atoms in total. The molecule has 3 heteroatoms. The van der Waals surface area contributed by atoms with Crippen LogP contribution in [0.4, 0.5) is 0 Å².